The van der Waals surface area contributed by atoms with Gasteiger partial charge < -0.3 is 20.5 Å². The molecule has 43 heavy (non-hydrogen) atoms. The van der Waals surface area contributed by atoms with Crippen LogP contribution in [-0.2, 0) is 16.6 Å². The highest BCUT2D eigenvalue weighted by Crippen LogP contribution is 2.32. The zero-order chi connectivity index (χ0) is 30.1. The van der Waals surface area contributed by atoms with E-state index in [4.69, 9.17) is 15.4 Å². The lowest BCUT2D eigenvalue weighted by Gasteiger charge is -2.26. The first-order chi connectivity index (χ1) is 20.7. The molecule has 4 heterocycles. The van der Waals surface area contributed by atoms with Gasteiger partial charge in [0, 0.05) is 41.4 Å². The molecule has 1 aliphatic heterocycles. The molecule has 0 unspecified atom stereocenters. The Kier molecular flexibility index (Phi) is 7.39. The fraction of sp³-hybridized carbons (Fsp3) is 0.312. The number of nitrogens with one attached hydrogen (secondary N) is 1. The number of fused-ring (bicyclic) bond motifs is 1. The van der Waals surface area contributed by atoms with E-state index in [1.165, 1.54) is 12.7 Å². The van der Waals surface area contributed by atoms with Gasteiger partial charge in [-0.2, -0.15) is 5.10 Å². The molecule has 5 aromatic rings. The predicted octanol–water partition coefficient (Wildman–Crippen LogP) is 5.16. The van der Waals surface area contributed by atoms with Gasteiger partial charge >= 0.3 is 0 Å². The molecule has 2 aromatic carbocycles. The minimum atomic E-state index is -0.198. The Morgan fingerprint density at radius 3 is 2.37 bits per heavy atom. The lowest BCUT2D eigenvalue weighted by Crippen LogP contribution is -2.35. The summed E-state index contributed by atoms with van der Waals surface area (Å²) in [4.78, 5) is 36.2. The number of hydrogen-bond donors (Lipinski definition) is 2. The number of likely N-dealkylation sites (tertiary alicyclic amines) is 1. The first-order valence-electron chi connectivity index (χ1n) is 14.4. The number of carbonyl (C=O) groups is 2. The summed E-state index contributed by atoms with van der Waals surface area (Å²) in [6.07, 6.45) is 4.76. The van der Waals surface area contributed by atoms with Crippen molar-refractivity contribution in [1.82, 2.24) is 29.8 Å². The molecule has 0 radical (unpaired) electrons. The van der Waals surface area contributed by atoms with E-state index in [0.29, 0.717) is 39.5 Å². The number of rotatable bonds is 6. The fourth-order valence-electron chi connectivity index (χ4n) is 5.21. The number of benzene rings is 2. The summed E-state index contributed by atoms with van der Waals surface area (Å²) in [5.41, 5.74) is 10.7. The third-order valence-electron chi connectivity index (χ3n) is 7.58. The van der Waals surface area contributed by atoms with Gasteiger partial charge in [-0.3, -0.25) is 9.59 Å². The number of nitrogens with zero attached hydrogens (tertiary/aromatic N) is 6. The Morgan fingerprint density at radius 1 is 0.977 bits per heavy atom. The molecule has 0 saturated carbocycles. The van der Waals surface area contributed by atoms with Crippen molar-refractivity contribution in [3.8, 4) is 16.9 Å². The van der Waals surface area contributed by atoms with Crippen LogP contribution in [0.3, 0.4) is 0 Å². The second-order valence-corrected chi connectivity index (χ2v) is 11.9. The van der Waals surface area contributed by atoms with E-state index in [2.05, 4.69) is 20.4 Å². The molecule has 3 N–H and O–H groups in total. The molecule has 0 bridgehead atoms. The third kappa shape index (κ3) is 5.83. The maximum atomic E-state index is 13.0. The van der Waals surface area contributed by atoms with Crippen LogP contribution in [0, 0.1) is 0 Å². The van der Waals surface area contributed by atoms with Gasteiger partial charge in [-0.25, -0.2) is 14.6 Å². The minimum absolute atomic E-state index is 0.0485. The summed E-state index contributed by atoms with van der Waals surface area (Å²) in [6, 6.07) is 16.5. The number of hydrogen-bond acceptors (Lipinski definition) is 8. The first-order valence-corrected chi connectivity index (χ1v) is 14.4. The second-order valence-electron chi connectivity index (χ2n) is 11.9. The Labute approximate surface area is 249 Å². The molecule has 0 spiro atoms. The SMILES string of the molecule is CC(C)(C)c1cc(CC(=O)Nc2ccc(-n3nc(-c4ccc(C(=O)N5CCCCC5)cc4)c4c(N)ncnc43)cc2)no1. The van der Waals surface area contributed by atoms with Gasteiger partial charge in [0.05, 0.1) is 23.2 Å². The number of carbonyl (C=O) groups excluding carboxylic acids is 2. The average molecular weight is 579 g/mol. The van der Waals surface area contributed by atoms with Gasteiger partial charge in [0.1, 0.15) is 23.6 Å². The van der Waals surface area contributed by atoms with Crippen LogP contribution in [0.25, 0.3) is 28.0 Å². The summed E-state index contributed by atoms with van der Waals surface area (Å²) in [6.45, 7) is 7.68. The molecule has 6 rings (SSSR count). The summed E-state index contributed by atoms with van der Waals surface area (Å²) >= 11 is 0. The van der Waals surface area contributed by atoms with Crippen molar-refractivity contribution in [2.75, 3.05) is 24.1 Å². The van der Waals surface area contributed by atoms with Crippen LogP contribution in [0.2, 0.25) is 0 Å². The quantitative estimate of drug-likeness (QED) is 0.281. The Morgan fingerprint density at radius 2 is 1.70 bits per heavy atom. The largest absolute Gasteiger partial charge is 0.383 e. The number of amides is 2. The van der Waals surface area contributed by atoms with E-state index in [-0.39, 0.29) is 23.7 Å². The highest BCUT2D eigenvalue weighted by Gasteiger charge is 2.22. The van der Waals surface area contributed by atoms with E-state index in [1.807, 2.05) is 68.1 Å². The molecule has 3 aromatic heterocycles. The summed E-state index contributed by atoms with van der Waals surface area (Å²) in [5.74, 6) is 0.895. The molecule has 0 atom stereocenters. The second kappa shape index (κ2) is 11.3. The van der Waals surface area contributed by atoms with Crippen molar-refractivity contribution < 1.29 is 14.1 Å². The van der Waals surface area contributed by atoms with Crippen LogP contribution >= 0.6 is 0 Å². The van der Waals surface area contributed by atoms with Crippen LogP contribution in [-0.4, -0.2) is 54.7 Å². The number of nitrogen functional groups attached to an aromatic ring is 1. The van der Waals surface area contributed by atoms with E-state index in [1.54, 1.807) is 16.8 Å². The molecule has 220 valence electrons. The Balaban J connectivity index is 1.22. The first kappa shape index (κ1) is 28.1. The topological polar surface area (TPSA) is 145 Å². The van der Waals surface area contributed by atoms with Gasteiger partial charge in [0.2, 0.25) is 5.91 Å². The predicted molar refractivity (Wildman–Crippen MR) is 164 cm³/mol. The highest BCUT2D eigenvalue weighted by atomic mass is 16.5. The molecule has 1 aliphatic rings. The standard InChI is InChI=1S/C32H34N8O3/c1-32(2,3)25-17-23(38-43-25)18-26(41)36-22-11-13-24(14-12-22)40-30-27(29(33)34-19-35-30)28(37-40)20-7-9-21(10-8-20)31(42)39-15-5-4-6-16-39/h7-14,17,19H,4-6,15-16,18H2,1-3H3,(H,36,41)(H2,33,34,35). The van der Waals surface area contributed by atoms with Crippen LogP contribution in [0.15, 0.2) is 65.4 Å². The smallest absolute Gasteiger partial charge is 0.253 e. The number of piperidine rings is 1. The molecule has 1 saturated heterocycles. The van der Waals surface area contributed by atoms with Gasteiger partial charge in [-0.05, 0) is 55.7 Å². The maximum absolute atomic E-state index is 13.0. The third-order valence-corrected chi connectivity index (χ3v) is 7.58. The van der Waals surface area contributed by atoms with Crippen LogP contribution < -0.4 is 11.1 Å². The van der Waals surface area contributed by atoms with Crippen LogP contribution in [0.1, 0.15) is 61.8 Å². The van der Waals surface area contributed by atoms with E-state index in [0.717, 1.165) is 42.9 Å². The monoisotopic (exact) mass is 578 g/mol. The van der Waals surface area contributed by atoms with Crippen molar-refractivity contribution in [2.24, 2.45) is 0 Å². The van der Waals surface area contributed by atoms with Gasteiger partial charge in [0.25, 0.3) is 5.91 Å². The fourth-order valence-corrected chi connectivity index (χ4v) is 5.21. The molecule has 11 heteroatoms. The molecule has 1 fully saturated rings. The summed E-state index contributed by atoms with van der Waals surface area (Å²) in [7, 11) is 0. The van der Waals surface area contributed by atoms with Crippen molar-refractivity contribution in [3.63, 3.8) is 0 Å². The van der Waals surface area contributed by atoms with Crippen molar-refractivity contribution >= 4 is 34.4 Å². The number of aromatic nitrogens is 5. The van der Waals surface area contributed by atoms with E-state index >= 15 is 0 Å². The molecule has 0 aliphatic carbocycles. The molecule has 2 amide bonds. The van der Waals surface area contributed by atoms with Crippen molar-refractivity contribution in [1.29, 1.82) is 0 Å². The minimum Gasteiger partial charge on any atom is -0.383 e. The van der Waals surface area contributed by atoms with Gasteiger partial charge in [-0.1, -0.05) is 38.1 Å². The van der Waals surface area contributed by atoms with Gasteiger partial charge in [0.15, 0.2) is 5.65 Å². The zero-order valence-corrected chi connectivity index (χ0v) is 24.5. The van der Waals surface area contributed by atoms with Crippen LogP contribution in [0.5, 0.6) is 0 Å². The Bertz CT molecular complexity index is 1780. The lowest BCUT2D eigenvalue weighted by molar-refractivity contribution is -0.115. The van der Waals surface area contributed by atoms with Crippen LogP contribution in [0.4, 0.5) is 11.5 Å². The van der Waals surface area contributed by atoms with Crippen molar-refractivity contribution in [3.05, 3.63) is 77.9 Å². The maximum Gasteiger partial charge on any atom is 0.253 e. The zero-order valence-electron chi connectivity index (χ0n) is 24.5. The average Bonchev–Trinajstić information content (AvgIpc) is 3.64. The Hall–Kier alpha value is -5.06. The number of anilines is 2. The van der Waals surface area contributed by atoms with Gasteiger partial charge in [-0.15, -0.1) is 0 Å². The molecular weight excluding hydrogens is 544 g/mol. The molecule has 11 nitrogen and oxygen atoms in total. The summed E-state index contributed by atoms with van der Waals surface area (Å²) < 4.78 is 7.09. The van der Waals surface area contributed by atoms with Crippen molar-refractivity contribution in [2.45, 2.75) is 51.9 Å². The normalized spacial score (nSPS) is 13.8. The lowest BCUT2D eigenvalue weighted by atomic mass is 9.93. The molecular formula is C32H34N8O3. The summed E-state index contributed by atoms with van der Waals surface area (Å²) in [5, 5.41) is 12.4. The van der Waals surface area contributed by atoms with E-state index in [9.17, 15) is 9.59 Å². The number of nitrogens with two attached hydrogens (primary N) is 1. The van der Waals surface area contributed by atoms with E-state index < -0.39 is 0 Å². The highest BCUT2D eigenvalue weighted by molar-refractivity contribution is 6.00.